The minimum absolute atomic E-state index is 0. The van der Waals surface area contributed by atoms with E-state index in [2.05, 4.69) is 12.1 Å². The normalized spacial score (nSPS) is 17.5. The summed E-state index contributed by atoms with van der Waals surface area (Å²) in [6.07, 6.45) is -0.187. The van der Waals surface area contributed by atoms with Crippen molar-refractivity contribution < 1.29 is 68.7 Å². The van der Waals surface area contributed by atoms with Gasteiger partial charge in [-0.15, -0.1) is 0 Å². The monoisotopic (exact) mass is 638 g/mol. The number of halogens is 3. The Morgan fingerprint density at radius 2 is 1.65 bits per heavy atom. The van der Waals surface area contributed by atoms with Crippen molar-refractivity contribution in [3.8, 4) is 5.75 Å². The molecule has 5 nitrogen and oxygen atoms in total. The molecule has 2 aromatic carbocycles. The first-order chi connectivity index (χ1) is 17.4. The number of hydrogen-bond acceptors (Lipinski definition) is 4. The van der Waals surface area contributed by atoms with Gasteiger partial charge in [-0.25, -0.2) is 0 Å². The SMILES string of the molecule is [CH2-]Oc1ccccc1C1CCC(OCc2ncccc2N(Cc2ccccc2)C(=O)C(F)(F)F)CC1.[Pr]. The molecule has 1 heterocycles. The van der Waals surface area contributed by atoms with E-state index < -0.39 is 12.1 Å². The zero-order valence-electron chi connectivity index (χ0n) is 20.4. The average Bonchev–Trinajstić information content (AvgIpc) is 2.91. The topological polar surface area (TPSA) is 51.7 Å². The summed E-state index contributed by atoms with van der Waals surface area (Å²) in [7, 11) is 3.54. The van der Waals surface area contributed by atoms with E-state index in [0.29, 0.717) is 17.2 Å². The van der Waals surface area contributed by atoms with E-state index in [0.717, 1.165) is 41.9 Å². The summed E-state index contributed by atoms with van der Waals surface area (Å²) in [5, 5.41) is 0. The first-order valence-corrected chi connectivity index (χ1v) is 11.9. The number of hydrogen-bond donors (Lipinski definition) is 0. The van der Waals surface area contributed by atoms with E-state index in [4.69, 9.17) is 9.47 Å². The number of para-hydroxylation sites is 1. The number of carbonyl (C=O) groups excluding carboxylic acids is 1. The molecule has 1 aliphatic rings. The van der Waals surface area contributed by atoms with Crippen LogP contribution in [0, 0.1) is 48.4 Å². The number of benzene rings is 2. The van der Waals surface area contributed by atoms with Gasteiger partial charge in [0.15, 0.2) is 0 Å². The Morgan fingerprint density at radius 1 is 0.973 bits per heavy atom. The number of pyridine rings is 1. The molecule has 3 aromatic rings. The van der Waals surface area contributed by atoms with E-state index in [1.165, 1.54) is 18.3 Å². The first kappa shape index (κ1) is 29.5. The molecule has 9 heteroatoms. The van der Waals surface area contributed by atoms with Gasteiger partial charge in [0.25, 0.3) is 0 Å². The molecule has 37 heavy (non-hydrogen) atoms. The largest absolute Gasteiger partial charge is 0.665 e. The fourth-order valence-corrected chi connectivity index (χ4v) is 4.66. The molecule has 1 fully saturated rings. The molecule has 193 valence electrons. The minimum atomic E-state index is -5.02. The van der Waals surface area contributed by atoms with E-state index >= 15 is 0 Å². The van der Waals surface area contributed by atoms with Crippen molar-refractivity contribution in [2.45, 2.75) is 57.0 Å². The Morgan fingerprint density at radius 3 is 2.32 bits per heavy atom. The number of carbonyl (C=O) groups is 1. The summed E-state index contributed by atoms with van der Waals surface area (Å²) in [6, 6.07) is 19.4. The predicted molar refractivity (Wildman–Crippen MR) is 130 cm³/mol. The van der Waals surface area contributed by atoms with Gasteiger partial charge >= 0.3 is 12.1 Å². The molecule has 0 bridgehead atoms. The van der Waals surface area contributed by atoms with Crippen LogP contribution in [0.3, 0.4) is 0 Å². The molecule has 0 saturated heterocycles. The predicted octanol–water partition coefficient (Wildman–Crippen LogP) is 6.59. The maximum atomic E-state index is 13.5. The molecule has 1 amide bonds. The zero-order valence-corrected chi connectivity index (χ0v) is 24.1. The van der Waals surface area contributed by atoms with Crippen molar-refractivity contribution >= 4 is 11.6 Å². The summed E-state index contributed by atoms with van der Waals surface area (Å²) in [6.45, 7) is -0.211. The number of anilines is 1. The molecule has 1 radical (unpaired) electrons. The van der Waals surface area contributed by atoms with Crippen LogP contribution in [0.1, 0.15) is 48.4 Å². The van der Waals surface area contributed by atoms with E-state index in [-0.39, 0.29) is 66.2 Å². The van der Waals surface area contributed by atoms with Gasteiger partial charge in [0.2, 0.25) is 0 Å². The van der Waals surface area contributed by atoms with Gasteiger partial charge in [0, 0.05) is 47.5 Å². The summed E-state index contributed by atoms with van der Waals surface area (Å²) < 4.78 is 51.8. The number of amides is 1. The van der Waals surface area contributed by atoms with Crippen molar-refractivity contribution in [2.24, 2.45) is 0 Å². The van der Waals surface area contributed by atoms with Gasteiger partial charge in [-0.3, -0.25) is 14.7 Å². The van der Waals surface area contributed by atoms with Crippen LogP contribution < -0.4 is 9.64 Å². The molecule has 1 aliphatic carbocycles. The Labute approximate surface area is 248 Å². The van der Waals surface area contributed by atoms with Crippen LogP contribution in [0.25, 0.3) is 0 Å². The molecular formula is C28H28F3N2O3Pr-. The Balaban J connectivity index is 0.00000380. The standard InChI is InChI=1S/C28H28F3N2O3.Pr/c1-35-26-12-6-5-10-23(26)21-13-15-22(16-14-21)36-19-24-25(11-7-17-32-24)33(27(34)28(29,30)31)18-20-8-3-2-4-9-20;/h2-12,17,21-22H,1,13-16,18-19H2;/q-1;. The second-order valence-electron chi connectivity index (χ2n) is 8.81. The van der Waals surface area contributed by atoms with Crippen LogP contribution in [0.15, 0.2) is 72.9 Å². The summed E-state index contributed by atoms with van der Waals surface area (Å²) >= 11 is 0. The third-order valence-electron chi connectivity index (χ3n) is 6.47. The third kappa shape index (κ3) is 7.74. The van der Waals surface area contributed by atoms with Gasteiger partial charge in [-0.2, -0.15) is 20.3 Å². The number of alkyl halides is 3. The van der Waals surface area contributed by atoms with E-state index in [1.807, 2.05) is 24.3 Å². The van der Waals surface area contributed by atoms with Crippen LogP contribution in [0.5, 0.6) is 5.75 Å². The average molecular weight is 638 g/mol. The van der Waals surface area contributed by atoms with Gasteiger partial charge in [0.1, 0.15) is 0 Å². The van der Waals surface area contributed by atoms with Gasteiger partial charge < -0.3 is 9.47 Å². The molecule has 1 saturated carbocycles. The molecule has 4 rings (SSSR count). The summed E-state index contributed by atoms with van der Waals surface area (Å²) in [4.78, 5) is 17.4. The van der Waals surface area contributed by atoms with Crippen molar-refractivity contribution in [2.75, 3.05) is 4.90 Å². The molecule has 0 unspecified atom stereocenters. The molecule has 0 aliphatic heterocycles. The molecule has 1 aromatic heterocycles. The van der Waals surface area contributed by atoms with E-state index in [9.17, 15) is 18.0 Å². The van der Waals surface area contributed by atoms with Crippen LogP contribution in [0.4, 0.5) is 18.9 Å². The van der Waals surface area contributed by atoms with Gasteiger partial charge in [0.05, 0.1) is 36.4 Å². The fourth-order valence-electron chi connectivity index (χ4n) is 4.66. The van der Waals surface area contributed by atoms with Crippen molar-refractivity contribution in [3.63, 3.8) is 0 Å². The Kier molecular flexibility index (Phi) is 10.9. The smallest absolute Gasteiger partial charge is 0.471 e. The Hall–Kier alpha value is -2.03. The second-order valence-corrected chi connectivity index (χ2v) is 8.81. The minimum Gasteiger partial charge on any atom is -0.665 e. The first-order valence-electron chi connectivity index (χ1n) is 11.9. The molecular weight excluding hydrogens is 610 g/mol. The van der Waals surface area contributed by atoms with E-state index in [1.54, 1.807) is 30.3 Å². The summed E-state index contributed by atoms with van der Waals surface area (Å²) in [5.41, 5.74) is 2.10. The number of ether oxygens (including phenoxy) is 2. The zero-order chi connectivity index (χ0) is 25.5. The quantitative estimate of drug-likeness (QED) is 0.262. The van der Waals surface area contributed by atoms with Gasteiger partial charge in [-0.05, 0) is 60.9 Å². The van der Waals surface area contributed by atoms with Crippen molar-refractivity contribution in [1.82, 2.24) is 4.98 Å². The number of aromatic nitrogens is 1. The van der Waals surface area contributed by atoms with Crippen molar-refractivity contribution in [3.05, 3.63) is 96.9 Å². The maximum absolute atomic E-state index is 13.5. The van der Waals surface area contributed by atoms with Crippen LogP contribution in [0.2, 0.25) is 0 Å². The van der Waals surface area contributed by atoms with Crippen LogP contribution >= 0.6 is 0 Å². The molecule has 0 spiro atoms. The number of rotatable bonds is 8. The second kappa shape index (κ2) is 13.7. The van der Waals surface area contributed by atoms with Crippen LogP contribution in [-0.2, 0) is 22.7 Å². The summed E-state index contributed by atoms with van der Waals surface area (Å²) in [5.74, 6) is -0.834. The Bertz CT molecular complexity index is 1150. The number of nitrogens with zero attached hydrogens (tertiary/aromatic N) is 2. The molecule has 0 atom stereocenters. The van der Waals surface area contributed by atoms with Crippen molar-refractivity contribution in [1.29, 1.82) is 0 Å². The van der Waals surface area contributed by atoms with Gasteiger partial charge in [-0.1, -0.05) is 48.5 Å². The third-order valence-corrected chi connectivity index (χ3v) is 6.47. The molecule has 0 N–H and O–H groups in total. The maximum Gasteiger partial charge on any atom is 0.471 e. The fraction of sp³-hybridized carbons (Fsp3) is 0.321. The van der Waals surface area contributed by atoms with Crippen LogP contribution in [-0.4, -0.2) is 23.2 Å².